The van der Waals surface area contributed by atoms with Gasteiger partial charge in [-0.1, -0.05) is 11.6 Å². The third-order valence-electron chi connectivity index (χ3n) is 3.74. The van der Waals surface area contributed by atoms with Crippen LogP contribution in [0.5, 0.6) is 11.5 Å². The first kappa shape index (κ1) is 20.1. The number of hydrogen-bond acceptors (Lipinski definition) is 5. The van der Waals surface area contributed by atoms with E-state index in [1.54, 1.807) is 11.3 Å². The van der Waals surface area contributed by atoms with Crippen molar-refractivity contribution in [3.05, 3.63) is 44.1 Å². The Hall–Kier alpha value is -2.25. The molecule has 1 aromatic carbocycles. The first-order valence-electron chi connectivity index (χ1n) is 7.89. The zero-order valence-electron chi connectivity index (χ0n) is 15.0. The van der Waals surface area contributed by atoms with Gasteiger partial charge in [0.1, 0.15) is 0 Å². The zero-order valence-corrected chi connectivity index (χ0v) is 16.6. The number of carbonyl (C=O) groups is 2. The molecular formula is C18H21ClN2O4S. The minimum absolute atomic E-state index is 0.150. The van der Waals surface area contributed by atoms with E-state index in [1.807, 2.05) is 20.8 Å². The lowest BCUT2D eigenvalue weighted by atomic mass is 10.1. The number of nitrogens with one attached hydrogen (secondary N) is 1. The third kappa shape index (κ3) is 4.68. The van der Waals surface area contributed by atoms with Crippen LogP contribution in [0.15, 0.2) is 18.2 Å². The van der Waals surface area contributed by atoms with E-state index >= 15 is 0 Å². The van der Waals surface area contributed by atoms with Crippen molar-refractivity contribution in [2.45, 2.75) is 26.8 Å². The normalized spacial score (nSPS) is 11.7. The lowest BCUT2D eigenvalue weighted by Gasteiger charge is -2.16. The van der Waals surface area contributed by atoms with Gasteiger partial charge in [0, 0.05) is 15.3 Å². The number of aryl methyl sites for hydroxylation is 2. The van der Waals surface area contributed by atoms with Gasteiger partial charge in [0.25, 0.3) is 11.8 Å². The van der Waals surface area contributed by atoms with Crippen LogP contribution in [0.4, 0.5) is 0 Å². The SMILES string of the molecule is COc1cc(C(=O)NC(C)c2cc(C)sc2C)cc(Cl)c1OCC(N)=O. The molecule has 0 aliphatic heterocycles. The van der Waals surface area contributed by atoms with Gasteiger partial charge >= 0.3 is 0 Å². The molecule has 2 rings (SSSR count). The fraction of sp³-hybridized carbons (Fsp3) is 0.333. The summed E-state index contributed by atoms with van der Waals surface area (Å²) in [5.74, 6) is -0.511. The van der Waals surface area contributed by atoms with E-state index in [2.05, 4.69) is 11.4 Å². The van der Waals surface area contributed by atoms with Crippen molar-refractivity contribution in [3.8, 4) is 11.5 Å². The quantitative estimate of drug-likeness (QED) is 0.750. The number of hydrogen-bond donors (Lipinski definition) is 2. The first-order valence-corrected chi connectivity index (χ1v) is 9.08. The smallest absolute Gasteiger partial charge is 0.255 e. The van der Waals surface area contributed by atoms with Crippen molar-refractivity contribution in [2.75, 3.05) is 13.7 Å². The highest BCUT2D eigenvalue weighted by atomic mass is 35.5. The van der Waals surface area contributed by atoms with Crippen LogP contribution in [-0.2, 0) is 4.79 Å². The van der Waals surface area contributed by atoms with Gasteiger partial charge in [-0.25, -0.2) is 0 Å². The van der Waals surface area contributed by atoms with Crippen molar-refractivity contribution in [3.63, 3.8) is 0 Å². The van der Waals surface area contributed by atoms with E-state index in [9.17, 15) is 9.59 Å². The molecule has 1 atom stereocenters. The van der Waals surface area contributed by atoms with Crippen molar-refractivity contribution < 1.29 is 19.1 Å². The summed E-state index contributed by atoms with van der Waals surface area (Å²) < 4.78 is 10.5. The Labute approximate surface area is 161 Å². The minimum Gasteiger partial charge on any atom is -0.493 e. The van der Waals surface area contributed by atoms with Crippen LogP contribution in [0.3, 0.4) is 0 Å². The van der Waals surface area contributed by atoms with E-state index in [1.165, 1.54) is 29.0 Å². The summed E-state index contributed by atoms with van der Waals surface area (Å²) in [5.41, 5.74) is 6.48. The van der Waals surface area contributed by atoms with E-state index < -0.39 is 5.91 Å². The minimum atomic E-state index is -0.639. The van der Waals surface area contributed by atoms with Crippen LogP contribution in [0, 0.1) is 13.8 Å². The van der Waals surface area contributed by atoms with Crippen LogP contribution >= 0.6 is 22.9 Å². The highest BCUT2D eigenvalue weighted by molar-refractivity contribution is 7.12. The first-order chi connectivity index (χ1) is 12.2. The maximum absolute atomic E-state index is 12.6. The highest BCUT2D eigenvalue weighted by Gasteiger charge is 2.19. The molecule has 140 valence electrons. The van der Waals surface area contributed by atoms with Crippen LogP contribution in [-0.4, -0.2) is 25.5 Å². The molecule has 1 unspecified atom stereocenters. The Morgan fingerprint density at radius 1 is 1.31 bits per heavy atom. The molecule has 0 bridgehead atoms. The molecule has 0 aliphatic rings. The van der Waals surface area contributed by atoms with Crippen LogP contribution < -0.4 is 20.5 Å². The molecule has 8 heteroatoms. The summed E-state index contributed by atoms with van der Waals surface area (Å²) in [4.78, 5) is 25.9. The second-order valence-corrected chi connectivity index (χ2v) is 7.68. The number of halogens is 1. The fourth-order valence-electron chi connectivity index (χ4n) is 2.57. The molecule has 6 nitrogen and oxygen atoms in total. The van der Waals surface area contributed by atoms with E-state index in [0.29, 0.717) is 5.56 Å². The molecular weight excluding hydrogens is 376 g/mol. The Morgan fingerprint density at radius 2 is 2.00 bits per heavy atom. The predicted molar refractivity (Wildman–Crippen MR) is 102 cm³/mol. The molecule has 0 spiro atoms. The summed E-state index contributed by atoms with van der Waals surface area (Å²) in [6, 6.07) is 4.90. The number of amides is 2. The summed E-state index contributed by atoms with van der Waals surface area (Å²) >= 11 is 7.88. The molecule has 0 saturated carbocycles. The monoisotopic (exact) mass is 396 g/mol. The molecule has 3 N–H and O–H groups in total. The Balaban J connectivity index is 2.22. The number of carbonyl (C=O) groups excluding carboxylic acids is 2. The van der Waals surface area contributed by atoms with Crippen molar-refractivity contribution >= 4 is 34.8 Å². The Bertz CT molecular complexity index is 835. The van der Waals surface area contributed by atoms with Crippen molar-refractivity contribution in [2.24, 2.45) is 5.73 Å². The largest absolute Gasteiger partial charge is 0.493 e. The molecule has 0 radical (unpaired) electrons. The average Bonchev–Trinajstić information content (AvgIpc) is 2.91. The topological polar surface area (TPSA) is 90.7 Å². The van der Waals surface area contributed by atoms with Crippen molar-refractivity contribution in [1.29, 1.82) is 0 Å². The molecule has 2 aromatic rings. The predicted octanol–water partition coefficient (Wildman–Crippen LogP) is 3.38. The zero-order chi connectivity index (χ0) is 19.4. The van der Waals surface area contributed by atoms with Gasteiger partial charge in [-0.05, 0) is 44.5 Å². The summed E-state index contributed by atoms with van der Waals surface area (Å²) in [6.45, 7) is 5.65. The number of thiophene rings is 1. The summed E-state index contributed by atoms with van der Waals surface area (Å²) in [5, 5.41) is 3.11. The lowest BCUT2D eigenvalue weighted by Crippen LogP contribution is -2.27. The molecule has 2 amide bonds. The van der Waals surface area contributed by atoms with Crippen LogP contribution in [0.25, 0.3) is 0 Å². The van der Waals surface area contributed by atoms with Crippen molar-refractivity contribution in [1.82, 2.24) is 5.32 Å². The van der Waals surface area contributed by atoms with Crippen LogP contribution in [0.2, 0.25) is 5.02 Å². The number of rotatable bonds is 7. The molecule has 1 heterocycles. The van der Waals surface area contributed by atoms with E-state index in [4.69, 9.17) is 26.8 Å². The number of primary amides is 1. The van der Waals surface area contributed by atoms with E-state index in [-0.39, 0.29) is 35.1 Å². The summed E-state index contributed by atoms with van der Waals surface area (Å²) in [7, 11) is 1.42. The van der Waals surface area contributed by atoms with Gasteiger partial charge in [0.2, 0.25) is 0 Å². The standard InChI is InChI=1S/C18H21ClN2O4S/c1-9-5-13(11(3)26-9)10(2)21-18(23)12-6-14(19)17(15(7-12)24-4)25-8-16(20)22/h5-7,10H,8H2,1-4H3,(H2,20,22)(H,21,23). The van der Waals surface area contributed by atoms with E-state index in [0.717, 1.165) is 5.56 Å². The van der Waals surface area contributed by atoms with Crippen LogP contribution in [0.1, 0.15) is 38.6 Å². The number of benzene rings is 1. The van der Waals surface area contributed by atoms with Gasteiger partial charge in [0.15, 0.2) is 18.1 Å². The number of ether oxygens (including phenoxy) is 2. The highest BCUT2D eigenvalue weighted by Crippen LogP contribution is 2.36. The molecule has 1 aromatic heterocycles. The fourth-order valence-corrected chi connectivity index (χ4v) is 3.86. The average molecular weight is 397 g/mol. The maximum atomic E-state index is 12.6. The number of methoxy groups -OCH3 is 1. The Kier molecular flexibility index (Phi) is 6.50. The maximum Gasteiger partial charge on any atom is 0.255 e. The van der Waals surface area contributed by atoms with Gasteiger partial charge in [-0.3, -0.25) is 9.59 Å². The molecule has 0 saturated heterocycles. The molecule has 0 fully saturated rings. The van der Waals surface area contributed by atoms with Gasteiger partial charge < -0.3 is 20.5 Å². The Morgan fingerprint density at radius 3 is 2.54 bits per heavy atom. The van der Waals surface area contributed by atoms with Gasteiger partial charge in [0.05, 0.1) is 18.2 Å². The second kappa shape index (κ2) is 8.42. The lowest BCUT2D eigenvalue weighted by molar-refractivity contribution is -0.119. The second-order valence-electron chi connectivity index (χ2n) is 5.81. The van der Waals surface area contributed by atoms with Gasteiger partial charge in [-0.2, -0.15) is 0 Å². The third-order valence-corrected chi connectivity index (χ3v) is 5.01. The molecule has 0 aliphatic carbocycles. The van der Waals surface area contributed by atoms with Gasteiger partial charge in [-0.15, -0.1) is 11.3 Å². The summed E-state index contributed by atoms with van der Waals surface area (Å²) in [6.07, 6.45) is 0. The molecule has 26 heavy (non-hydrogen) atoms. The number of nitrogens with two attached hydrogens (primary N) is 1.